The van der Waals surface area contributed by atoms with Crippen molar-refractivity contribution in [2.24, 2.45) is 7.05 Å². The Hall–Kier alpha value is -3.46. The van der Waals surface area contributed by atoms with E-state index in [0.29, 0.717) is 12.4 Å². The number of benzene rings is 1. The van der Waals surface area contributed by atoms with E-state index >= 15 is 0 Å². The first kappa shape index (κ1) is 22.2. The SMILES string of the molecule is CCOC(=O)c1cnn(C)c1NC(=O)CN(C)Cc1c(C)nn(-c2ccccc2)c1C. The monoisotopic (exact) mass is 424 g/mol. The zero-order valence-electron chi connectivity index (χ0n) is 18.5. The second kappa shape index (κ2) is 9.57. The molecule has 0 aliphatic rings. The minimum atomic E-state index is -0.515. The van der Waals surface area contributed by atoms with E-state index < -0.39 is 5.97 Å². The van der Waals surface area contributed by atoms with Gasteiger partial charge in [-0.15, -0.1) is 0 Å². The van der Waals surface area contributed by atoms with Crippen LogP contribution in [0.15, 0.2) is 36.5 Å². The second-order valence-electron chi connectivity index (χ2n) is 7.37. The molecule has 2 aromatic heterocycles. The number of hydrogen-bond acceptors (Lipinski definition) is 6. The van der Waals surface area contributed by atoms with Gasteiger partial charge in [0.1, 0.15) is 11.4 Å². The third-order valence-corrected chi connectivity index (χ3v) is 4.98. The summed E-state index contributed by atoms with van der Waals surface area (Å²) in [6, 6.07) is 9.94. The van der Waals surface area contributed by atoms with Crippen molar-refractivity contribution in [2.75, 3.05) is 25.5 Å². The Morgan fingerprint density at radius 2 is 1.90 bits per heavy atom. The molecule has 1 N–H and O–H groups in total. The molecule has 0 saturated carbocycles. The number of ether oxygens (including phenoxy) is 1. The number of anilines is 1. The summed E-state index contributed by atoms with van der Waals surface area (Å²) < 4.78 is 8.39. The highest BCUT2D eigenvalue weighted by Gasteiger charge is 2.21. The fourth-order valence-electron chi connectivity index (χ4n) is 3.41. The lowest BCUT2D eigenvalue weighted by molar-refractivity contribution is -0.117. The van der Waals surface area contributed by atoms with Crippen LogP contribution >= 0.6 is 0 Å². The highest BCUT2D eigenvalue weighted by atomic mass is 16.5. The summed E-state index contributed by atoms with van der Waals surface area (Å²) in [7, 11) is 3.53. The zero-order chi connectivity index (χ0) is 22.5. The number of aryl methyl sites for hydroxylation is 2. The average Bonchev–Trinajstić information content (AvgIpc) is 3.23. The molecule has 0 atom stereocenters. The molecule has 9 nitrogen and oxygen atoms in total. The van der Waals surface area contributed by atoms with Gasteiger partial charge < -0.3 is 10.1 Å². The molecule has 0 spiro atoms. The number of rotatable bonds is 8. The molecule has 0 saturated heterocycles. The Labute approximate surface area is 181 Å². The molecule has 3 aromatic rings. The van der Waals surface area contributed by atoms with Gasteiger partial charge in [-0.1, -0.05) is 18.2 Å². The van der Waals surface area contributed by atoms with Crippen LogP contribution in [0.25, 0.3) is 5.69 Å². The van der Waals surface area contributed by atoms with Crippen molar-refractivity contribution in [2.45, 2.75) is 27.3 Å². The molecule has 9 heteroatoms. The fourth-order valence-corrected chi connectivity index (χ4v) is 3.41. The number of nitrogens with zero attached hydrogens (tertiary/aromatic N) is 5. The van der Waals surface area contributed by atoms with Crippen molar-refractivity contribution in [3.8, 4) is 5.69 Å². The van der Waals surface area contributed by atoms with E-state index in [1.165, 1.54) is 10.9 Å². The van der Waals surface area contributed by atoms with E-state index in [2.05, 4.69) is 15.5 Å². The maximum Gasteiger partial charge on any atom is 0.343 e. The quantitative estimate of drug-likeness (QED) is 0.559. The highest BCUT2D eigenvalue weighted by molar-refractivity contribution is 6.00. The summed E-state index contributed by atoms with van der Waals surface area (Å²) in [6.07, 6.45) is 1.39. The van der Waals surface area contributed by atoms with Gasteiger partial charge in [-0.05, 0) is 40.0 Å². The molecule has 3 rings (SSSR count). The smallest absolute Gasteiger partial charge is 0.343 e. The lowest BCUT2D eigenvalue weighted by Crippen LogP contribution is -2.31. The Morgan fingerprint density at radius 3 is 2.58 bits per heavy atom. The van der Waals surface area contributed by atoms with E-state index in [4.69, 9.17) is 4.74 Å². The molecule has 0 aliphatic carbocycles. The first-order valence-electron chi connectivity index (χ1n) is 10.1. The molecular formula is C22H28N6O3. The summed E-state index contributed by atoms with van der Waals surface area (Å²) in [4.78, 5) is 26.6. The number of likely N-dealkylation sites (N-methyl/N-ethyl adjacent to an activating group) is 1. The number of para-hydroxylation sites is 1. The summed E-state index contributed by atoms with van der Waals surface area (Å²) in [5.41, 5.74) is 4.26. The minimum Gasteiger partial charge on any atom is -0.462 e. The largest absolute Gasteiger partial charge is 0.462 e. The predicted molar refractivity (Wildman–Crippen MR) is 117 cm³/mol. The zero-order valence-corrected chi connectivity index (χ0v) is 18.5. The Bertz CT molecular complexity index is 1070. The van der Waals surface area contributed by atoms with Crippen molar-refractivity contribution in [1.29, 1.82) is 0 Å². The number of carbonyl (C=O) groups is 2. The van der Waals surface area contributed by atoms with Gasteiger partial charge in [0.15, 0.2) is 0 Å². The molecule has 31 heavy (non-hydrogen) atoms. The van der Waals surface area contributed by atoms with Crippen LogP contribution in [0.4, 0.5) is 5.82 Å². The number of hydrogen-bond donors (Lipinski definition) is 1. The lowest BCUT2D eigenvalue weighted by Gasteiger charge is -2.17. The number of nitrogens with one attached hydrogen (secondary N) is 1. The maximum absolute atomic E-state index is 12.6. The molecular weight excluding hydrogens is 396 g/mol. The maximum atomic E-state index is 12.6. The van der Waals surface area contributed by atoms with E-state index in [1.54, 1.807) is 14.0 Å². The van der Waals surface area contributed by atoms with E-state index in [0.717, 1.165) is 22.6 Å². The summed E-state index contributed by atoms with van der Waals surface area (Å²) in [6.45, 7) is 6.68. The van der Waals surface area contributed by atoms with Crippen molar-refractivity contribution in [3.63, 3.8) is 0 Å². The van der Waals surface area contributed by atoms with E-state index in [9.17, 15) is 9.59 Å². The Morgan fingerprint density at radius 1 is 1.19 bits per heavy atom. The molecule has 2 heterocycles. The highest BCUT2D eigenvalue weighted by Crippen LogP contribution is 2.19. The van der Waals surface area contributed by atoms with Gasteiger partial charge >= 0.3 is 5.97 Å². The van der Waals surface area contributed by atoms with Gasteiger partial charge in [0.2, 0.25) is 5.91 Å². The number of esters is 1. The van der Waals surface area contributed by atoms with Crippen LogP contribution in [0.2, 0.25) is 0 Å². The van der Waals surface area contributed by atoms with Gasteiger partial charge in [0.25, 0.3) is 0 Å². The molecule has 0 fully saturated rings. The third-order valence-electron chi connectivity index (χ3n) is 4.98. The molecule has 164 valence electrons. The van der Waals surface area contributed by atoms with Crippen LogP contribution in [0.3, 0.4) is 0 Å². The van der Waals surface area contributed by atoms with Crippen LogP contribution in [0.1, 0.15) is 34.2 Å². The van der Waals surface area contributed by atoms with Crippen LogP contribution in [0, 0.1) is 13.8 Å². The third kappa shape index (κ3) is 5.00. The van der Waals surface area contributed by atoms with Crippen molar-refractivity contribution >= 4 is 17.7 Å². The normalized spacial score (nSPS) is 11.0. The van der Waals surface area contributed by atoms with Crippen LogP contribution in [-0.2, 0) is 23.1 Å². The molecule has 0 radical (unpaired) electrons. The molecule has 0 unspecified atom stereocenters. The average molecular weight is 425 g/mol. The van der Waals surface area contributed by atoms with Gasteiger partial charge in [0, 0.05) is 24.8 Å². The summed E-state index contributed by atoms with van der Waals surface area (Å²) >= 11 is 0. The molecule has 0 bridgehead atoms. The first-order chi connectivity index (χ1) is 14.8. The number of carbonyl (C=O) groups excluding carboxylic acids is 2. The first-order valence-corrected chi connectivity index (χ1v) is 10.1. The van der Waals surface area contributed by atoms with Crippen LogP contribution in [-0.4, -0.2) is 56.5 Å². The molecule has 1 aromatic carbocycles. The minimum absolute atomic E-state index is 0.142. The van der Waals surface area contributed by atoms with Crippen LogP contribution < -0.4 is 5.32 Å². The van der Waals surface area contributed by atoms with E-state index in [-0.39, 0.29) is 24.6 Å². The summed E-state index contributed by atoms with van der Waals surface area (Å²) in [5.74, 6) is -0.442. The van der Waals surface area contributed by atoms with Crippen molar-refractivity contribution in [3.05, 3.63) is 59.0 Å². The number of aromatic nitrogens is 4. The van der Waals surface area contributed by atoms with Gasteiger partial charge in [-0.2, -0.15) is 10.2 Å². The standard InChI is InChI=1S/C22H28N6O3/c1-6-31-22(30)18-12-23-27(5)21(18)24-20(29)14-26(4)13-19-15(2)25-28(16(19)3)17-10-8-7-9-11-17/h7-12H,6,13-14H2,1-5H3,(H,24,29). The Balaban J connectivity index is 1.68. The molecule has 0 aliphatic heterocycles. The predicted octanol–water partition coefficient (Wildman–Crippen LogP) is 2.47. The lowest BCUT2D eigenvalue weighted by atomic mass is 10.2. The van der Waals surface area contributed by atoms with Crippen molar-refractivity contribution in [1.82, 2.24) is 24.5 Å². The van der Waals surface area contributed by atoms with Crippen LogP contribution in [0.5, 0.6) is 0 Å². The van der Waals surface area contributed by atoms with Gasteiger partial charge in [0.05, 0.1) is 30.7 Å². The van der Waals surface area contributed by atoms with E-state index in [1.807, 2.05) is 60.8 Å². The van der Waals surface area contributed by atoms with Gasteiger partial charge in [-0.3, -0.25) is 14.4 Å². The van der Waals surface area contributed by atoms with Gasteiger partial charge in [-0.25, -0.2) is 9.48 Å². The number of amides is 1. The second-order valence-corrected chi connectivity index (χ2v) is 7.37. The molecule has 1 amide bonds. The van der Waals surface area contributed by atoms with Crippen molar-refractivity contribution < 1.29 is 14.3 Å². The Kier molecular flexibility index (Phi) is 6.86. The summed E-state index contributed by atoms with van der Waals surface area (Å²) in [5, 5.41) is 11.5. The topological polar surface area (TPSA) is 94.3 Å². The fraction of sp³-hybridized carbons (Fsp3) is 0.364.